The van der Waals surface area contributed by atoms with Crippen molar-refractivity contribution in [3.63, 3.8) is 0 Å². The minimum atomic E-state index is -2.64. The van der Waals surface area contributed by atoms with Crippen molar-refractivity contribution in [3.8, 4) is 0 Å². The fraction of sp³-hybridized carbons (Fsp3) is 0.474. The molecule has 0 aromatic carbocycles. The van der Waals surface area contributed by atoms with Gasteiger partial charge in [-0.1, -0.05) is 12.1 Å². The monoisotopic (exact) mass is 344 g/mol. The summed E-state index contributed by atoms with van der Waals surface area (Å²) in [5.74, 6) is -1.85. The number of nitrogens with zero attached hydrogens (tertiary/aromatic N) is 4. The fourth-order valence-corrected chi connectivity index (χ4v) is 4.08. The molecule has 2 aliphatic heterocycles. The van der Waals surface area contributed by atoms with E-state index in [0.717, 1.165) is 11.5 Å². The molecule has 0 radical (unpaired) electrons. The maximum Gasteiger partial charge on any atom is 0.257 e. The predicted molar refractivity (Wildman–Crippen MR) is 92.6 cm³/mol. The van der Waals surface area contributed by atoms with Crippen molar-refractivity contribution >= 4 is 5.82 Å². The lowest BCUT2D eigenvalue weighted by atomic mass is 9.75. The molecular weight excluding hydrogens is 322 g/mol. The predicted octanol–water partition coefficient (Wildman–Crippen LogP) is 3.21. The molecule has 2 fully saturated rings. The number of anilines is 1. The van der Waals surface area contributed by atoms with Gasteiger partial charge < -0.3 is 4.90 Å². The average molecular weight is 344 g/mol. The van der Waals surface area contributed by atoms with E-state index >= 15 is 0 Å². The summed E-state index contributed by atoms with van der Waals surface area (Å²) in [5.41, 5.74) is -0.0696. The summed E-state index contributed by atoms with van der Waals surface area (Å²) < 4.78 is 29.8. The Kier molecular flexibility index (Phi) is 4.15. The number of aromatic nitrogens is 2. The zero-order chi connectivity index (χ0) is 17.3. The van der Waals surface area contributed by atoms with Gasteiger partial charge in [0.05, 0.1) is 11.1 Å². The van der Waals surface area contributed by atoms with Crippen LogP contribution in [0, 0.1) is 5.41 Å². The number of halogens is 2. The molecule has 6 heteroatoms. The highest BCUT2D eigenvalue weighted by atomic mass is 19.3. The van der Waals surface area contributed by atoms with Crippen LogP contribution in [0.15, 0.2) is 48.8 Å². The van der Waals surface area contributed by atoms with Gasteiger partial charge in [-0.05, 0) is 30.7 Å². The number of alkyl halides is 2. The van der Waals surface area contributed by atoms with Gasteiger partial charge in [-0.3, -0.25) is 9.88 Å². The lowest BCUT2D eigenvalue weighted by Gasteiger charge is -2.45. The number of piperidine rings is 1. The van der Waals surface area contributed by atoms with E-state index in [0.29, 0.717) is 39.1 Å². The second-order valence-corrected chi connectivity index (χ2v) is 7.13. The fourth-order valence-electron chi connectivity index (χ4n) is 4.08. The van der Waals surface area contributed by atoms with Crippen LogP contribution in [0.1, 0.15) is 18.5 Å². The molecular formula is C19H22F2N4. The van der Waals surface area contributed by atoms with Crippen molar-refractivity contribution in [1.82, 2.24) is 14.9 Å². The van der Waals surface area contributed by atoms with Crippen LogP contribution in [-0.2, 0) is 6.54 Å². The number of pyridine rings is 2. The molecule has 0 amide bonds. The first-order chi connectivity index (χ1) is 12.1. The molecule has 4 heterocycles. The molecule has 25 heavy (non-hydrogen) atoms. The lowest BCUT2D eigenvalue weighted by Crippen LogP contribution is -2.56. The van der Waals surface area contributed by atoms with Gasteiger partial charge in [-0.2, -0.15) is 0 Å². The van der Waals surface area contributed by atoms with Crippen molar-refractivity contribution < 1.29 is 8.78 Å². The van der Waals surface area contributed by atoms with Gasteiger partial charge in [0.2, 0.25) is 0 Å². The molecule has 132 valence electrons. The number of rotatable bonds is 3. The van der Waals surface area contributed by atoms with Crippen LogP contribution in [-0.4, -0.2) is 47.0 Å². The lowest BCUT2D eigenvalue weighted by molar-refractivity contribution is -0.159. The van der Waals surface area contributed by atoms with Gasteiger partial charge >= 0.3 is 0 Å². The van der Waals surface area contributed by atoms with Gasteiger partial charge in [-0.25, -0.2) is 13.8 Å². The van der Waals surface area contributed by atoms with E-state index in [-0.39, 0.29) is 6.42 Å². The van der Waals surface area contributed by atoms with Gasteiger partial charge in [-0.15, -0.1) is 0 Å². The highest BCUT2D eigenvalue weighted by molar-refractivity contribution is 5.40. The van der Waals surface area contributed by atoms with E-state index in [1.807, 2.05) is 41.3 Å². The van der Waals surface area contributed by atoms with Crippen LogP contribution < -0.4 is 4.90 Å². The molecule has 2 saturated heterocycles. The van der Waals surface area contributed by atoms with Crippen LogP contribution in [0.2, 0.25) is 0 Å². The van der Waals surface area contributed by atoms with Gasteiger partial charge in [0, 0.05) is 51.5 Å². The van der Waals surface area contributed by atoms with E-state index in [2.05, 4.69) is 14.9 Å². The quantitative estimate of drug-likeness (QED) is 0.856. The van der Waals surface area contributed by atoms with Gasteiger partial charge in [0.1, 0.15) is 5.82 Å². The van der Waals surface area contributed by atoms with E-state index < -0.39 is 11.3 Å². The van der Waals surface area contributed by atoms with E-state index in [1.165, 1.54) is 0 Å². The first-order valence-electron chi connectivity index (χ1n) is 8.74. The molecule has 0 aliphatic carbocycles. The Morgan fingerprint density at radius 3 is 2.44 bits per heavy atom. The van der Waals surface area contributed by atoms with Crippen molar-refractivity contribution in [3.05, 3.63) is 54.5 Å². The van der Waals surface area contributed by atoms with Crippen molar-refractivity contribution in [2.24, 2.45) is 5.41 Å². The molecule has 1 spiro atoms. The van der Waals surface area contributed by atoms with Crippen molar-refractivity contribution in [1.29, 1.82) is 0 Å². The summed E-state index contributed by atoms with van der Waals surface area (Å²) in [7, 11) is 0. The minimum Gasteiger partial charge on any atom is -0.356 e. The standard InChI is InChI=1S/C19H22F2N4/c20-19(21)8-11-24(13-16-5-1-3-9-22-16)14-18(19)7-12-25(15-18)17-6-2-4-10-23-17/h1-6,9-10H,7-8,11-15H2/t18-/m0/s1. The largest absolute Gasteiger partial charge is 0.356 e. The van der Waals surface area contributed by atoms with Crippen molar-refractivity contribution in [2.45, 2.75) is 25.3 Å². The molecule has 0 bridgehead atoms. The van der Waals surface area contributed by atoms with E-state index in [1.54, 1.807) is 12.4 Å². The maximum atomic E-state index is 14.9. The molecule has 0 N–H and O–H groups in total. The summed E-state index contributed by atoms with van der Waals surface area (Å²) in [6, 6.07) is 11.4. The summed E-state index contributed by atoms with van der Waals surface area (Å²) in [6.45, 7) is 2.43. The third kappa shape index (κ3) is 3.11. The molecule has 1 atom stereocenters. The number of hydrogen-bond donors (Lipinski definition) is 0. The Morgan fingerprint density at radius 1 is 0.920 bits per heavy atom. The molecule has 4 rings (SSSR count). The maximum absolute atomic E-state index is 14.9. The first-order valence-corrected chi connectivity index (χ1v) is 8.74. The normalized spacial score (nSPS) is 26.2. The van der Waals surface area contributed by atoms with Crippen molar-refractivity contribution in [2.75, 3.05) is 31.1 Å². The molecule has 0 saturated carbocycles. The highest BCUT2D eigenvalue weighted by Crippen LogP contribution is 2.50. The molecule has 2 aromatic rings. The van der Waals surface area contributed by atoms with Crippen LogP contribution in [0.4, 0.5) is 14.6 Å². The van der Waals surface area contributed by atoms with Crippen LogP contribution in [0.25, 0.3) is 0 Å². The van der Waals surface area contributed by atoms with Gasteiger partial charge in [0.15, 0.2) is 0 Å². The van der Waals surface area contributed by atoms with E-state index in [9.17, 15) is 8.78 Å². The Balaban J connectivity index is 1.52. The second kappa shape index (κ2) is 6.33. The Morgan fingerprint density at radius 2 is 1.72 bits per heavy atom. The molecule has 2 aromatic heterocycles. The highest BCUT2D eigenvalue weighted by Gasteiger charge is 2.59. The molecule has 4 nitrogen and oxygen atoms in total. The summed E-state index contributed by atoms with van der Waals surface area (Å²) in [5, 5.41) is 0. The summed E-state index contributed by atoms with van der Waals surface area (Å²) in [4.78, 5) is 12.8. The van der Waals surface area contributed by atoms with E-state index in [4.69, 9.17) is 0 Å². The Hall–Kier alpha value is -2.08. The van der Waals surface area contributed by atoms with Crippen LogP contribution in [0.3, 0.4) is 0 Å². The number of likely N-dealkylation sites (tertiary alicyclic amines) is 1. The summed E-state index contributed by atoms with van der Waals surface area (Å²) >= 11 is 0. The summed E-state index contributed by atoms with van der Waals surface area (Å²) in [6.07, 6.45) is 3.87. The molecule has 0 unspecified atom stereocenters. The SMILES string of the molecule is FC1(F)CCN(Cc2ccccn2)C[C@]12CCN(c1ccccn1)C2. The van der Waals surface area contributed by atoms with Crippen LogP contribution >= 0.6 is 0 Å². The Bertz CT molecular complexity index is 710. The zero-order valence-corrected chi connectivity index (χ0v) is 14.1. The third-order valence-corrected chi connectivity index (χ3v) is 5.48. The average Bonchev–Trinajstić information content (AvgIpc) is 3.06. The third-order valence-electron chi connectivity index (χ3n) is 5.48. The van der Waals surface area contributed by atoms with Crippen LogP contribution in [0.5, 0.6) is 0 Å². The molecule has 2 aliphatic rings. The zero-order valence-electron chi connectivity index (χ0n) is 14.1. The van der Waals surface area contributed by atoms with Gasteiger partial charge in [0.25, 0.3) is 5.92 Å². The smallest absolute Gasteiger partial charge is 0.257 e. The topological polar surface area (TPSA) is 32.3 Å². The first kappa shape index (κ1) is 16.4. The number of hydrogen-bond acceptors (Lipinski definition) is 4. The second-order valence-electron chi connectivity index (χ2n) is 7.13. The minimum absolute atomic E-state index is 0.0874. The Labute approximate surface area is 146 Å².